The molecule has 2 unspecified atom stereocenters. The van der Waals surface area contributed by atoms with E-state index in [0.29, 0.717) is 6.04 Å². The standard InChI is InChI=1S/C14H22N2O/c1-11(15)9-12-5-3-4-6-14(12)16(2)13-7-8-17-10-13/h3-6,11,13H,7-10,15H2,1-2H3. The first-order valence-electron chi connectivity index (χ1n) is 6.32. The van der Waals surface area contributed by atoms with E-state index in [1.54, 1.807) is 0 Å². The molecule has 2 atom stereocenters. The van der Waals surface area contributed by atoms with Crippen LogP contribution in [0.4, 0.5) is 5.69 Å². The number of nitrogens with zero attached hydrogens (tertiary/aromatic N) is 1. The molecule has 1 aliphatic heterocycles. The molecule has 0 spiro atoms. The molecule has 0 aromatic heterocycles. The summed E-state index contributed by atoms with van der Waals surface area (Å²) in [5.74, 6) is 0. The van der Waals surface area contributed by atoms with Gasteiger partial charge in [0.05, 0.1) is 12.6 Å². The van der Waals surface area contributed by atoms with Gasteiger partial charge in [-0.3, -0.25) is 0 Å². The molecule has 0 saturated carbocycles. The summed E-state index contributed by atoms with van der Waals surface area (Å²) in [5, 5.41) is 0. The van der Waals surface area contributed by atoms with Gasteiger partial charge < -0.3 is 15.4 Å². The Bertz CT molecular complexity index is 359. The number of para-hydroxylation sites is 1. The summed E-state index contributed by atoms with van der Waals surface area (Å²) in [6.45, 7) is 3.77. The van der Waals surface area contributed by atoms with E-state index in [1.165, 1.54) is 11.3 Å². The van der Waals surface area contributed by atoms with Crippen LogP contribution in [0, 0.1) is 0 Å². The van der Waals surface area contributed by atoms with Crippen molar-refractivity contribution >= 4 is 5.69 Å². The second kappa shape index (κ2) is 5.52. The number of hydrogen-bond donors (Lipinski definition) is 1. The van der Waals surface area contributed by atoms with Crippen molar-refractivity contribution in [3.05, 3.63) is 29.8 Å². The third-order valence-corrected chi connectivity index (χ3v) is 3.37. The van der Waals surface area contributed by atoms with Gasteiger partial charge in [0.25, 0.3) is 0 Å². The summed E-state index contributed by atoms with van der Waals surface area (Å²) in [6.07, 6.45) is 2.04. The van der Waals surface area contributed by atoms with Crippen molar-refractivity contribution in [1.29, 1.82) is 0 Å². The first-order valence-corrected chi connectivity index (χ1v) is 6.32. The summed E-state index contributed by atoms with van der Waals surface area (Å²) >= 11 is 0. The molecule has 1 aromatic carbocycles. The van der Waals surface area contributed by atoms with Gasteiger partial charge in [-0.2, -0.15) is 0 Å². The third kappa shape index (κ3) is 2.99. The zero-order valence-electron chi connectivity index (χ0n) is 10.7. The molecule has 2 N–H and O–H groups in total. The van der Waals surface area contributed by atoms with Gasteiger partial charge in [0, 0.05) is 25.4 Å². The van der Waals surface area contributed by atoms with E-state index in [2.05, 4.69) is 43.1 Å². The van der Waals surface area contributed by atoms with Crippen LogP contribution >= 0.6 is 0 Å². The fourth-order valence-corrected chi connectivity index (χ4v) is 2.40. The Balaban J connectivity index is 2.18. The molecular weight excluding hydrogens is 212 g/mol. The fraction of sp³-hybridized carbons (Fsp3) is 0.571. The Morgan fingerprint density at radius 2 is 2.24 bits per heavy atom. The molecule has 1 heterocycles. The maximum atomic E-state index is 5.90. The van der Waals surface area contributed by atoms with Gasteiger partial charge in [-0.15, -0.1) is 0 Å². The molecule has 3 heteroatoms. The molecule has 94 valence electrons. The second-order valence-corrected chi connectivity index (χ2v) is 4.94. The summed E-state index contributed by atoms with van der Waals surface area (Å²) < 4.78 is 5.45. The average molecular weight is 234 g/mol. The van der Waals surface area contributed by atoms with E-state index in [1.807, 2.05) is 0 Å². The van der Waals surface area contributed by atoms with E-state index in [9.17, 15) is 0 Å². The second-order valence-electron chi connectivity index (χ2n) is 4.94. The largest absolute Gasteiger partial charge is 0.379 e. The van der Waals surface area contributed by atoms with E-state index >= 15 is 0 Å². The lowest BCUT2D eigenvalue weighted by molar-refractivity contribution is 0.193. The minimum Gasteiger partial charge on any atom is -0.379 e. The van der Waals surface area contributed by atoms with Gasteiger partial charge in [-0.25, -0.2) is 0 Å². The van der Waals surface area contributed by atoms with Crippen LogP contribution < -0.4 is 10.6 Å². The Morgan fingerprint density at radius 3 is 2.88 bits per heavy atom. The van der Waals surface area contributed by atoms with Crippen LogP contribution in [0.15, 0.2) is 24.3 Å². The van der Waals surface area contributed by atoms with Crippen LogP contribution in [0.1, 0.15) is 18.9 Å². The fourth-order valence-electron chi connectivity index (χ4n) is 2.40. The van der Waals surface area contributed by atoms with Crippen molar-refractivity contribution in [2.75, 3.05) is 25.2 Å². The van der Waals surface area contributed by atoms with Crippen LogP contribution in [0.2, 0.25) is 0 Å². The predicted molar refractivity (Wildman–Crippen MR) is 71.4 cm³/mol. The summed E-state index contributed by atoms with van der Waals surface area (Å²) in [6, 6.07) is 9.22. The smallest absolute Gasteiger partial charge is 0.0670 e. The van der Waals surface area contributed by atoms with Crippen molar-refractivity contribution in [2.24, 2.45) is 5.73 Å². The average Bonchev–Trinajstić information content (AvgIpc) is 2.81. The first-order chi connectivity index (χ1) is 8.18. The Morgan fingerprint density at radius 1 is 1.47 bits per heavy atom. The highest BCUT2D eigenvalue weighted by Gasteiger charge is 2.22. The molecule has 3 nitrogen and oxygen atoms in total. The highest BCUT2D eigenvalue weighted by atomic mass is 16.5. The molecule has 1 fully saturated rings. The molecule has 2 rings (SSSR count). The molecule has 17 heavy (non-hydrogen) atoms. The molecular formula is C14H22N2O. The van der Waals surface area contributed by atoms with E-state index in [-0.39, 0.29) is 6.04 Å². The van der Waals surface area contributed by atoms with Gasteiger partial charge >= 0.3 is 0 Å². The maximum Gasteiger partial charge on any atom is 0.0670 e. The first kappa shape index (κ1) is 12.4. The van der Waals surface area contributed by atoms with E-state index in [0.717, 1.165) is 26.1 Å². The Hall–Kier alpha value is -1.06. The lowest BCUT2D eigenvalue weighted by Gasteiger charge is -2.28. The number of anilines is 1. The van der Waals surface area contributed by atoms with Gasteiger partial charge in [-0.1, -0.05) is 18.2 Å². The predicted octanol–water partition coefficient (Wildman–Crippen LogP) is 1.80. The number of rotatable bonds is 4. The topological polar surface area (TPSA) is 38.5 Å². The van der Waals surface area contributed by atoms with Crippen LogP contribution in [0.25, 0.3) is 0 Å². The zero-order chi connectivity index (χ0) is 12.3. The highest BCUT2D eigenvalue weighted by Crippen LogP contribution is 2.24. The highest BCUT2D eigenvalue weighted by molar-refractivity contribution is 5.54. The lowest BCUT2D eigenvalue weighted by Crippen LogP contribution is -2.33. The molecule has 1 aromatic rings. The summed E-state index contributed by atoms with van der Waals surface area (Å²) in [5.41, 5.74) is 8.53. The molecule has 0 bridgehead atoms. The van der Waals surface area contributed by atoms with Gasteiger partial charge in [0.15, 0.2) is 0 Å². The van der Waals surface area contributed by atoms with Gasteiger partial charge in [0.2, 0.25) is 0 Å². The number of nitrogens with two attached hydrogens (primary N) is 1. The zero-order valence-corrected chi connectivity index (χ0v) is 10.7. The molecule has 1 saturated heterocycles. The lowest BCUT2D eigenvalue weighted by atomic mass is 10.0. The van der Waals surface area contributed by atoms with Gasteiger partial charge in [-0.05, 0) is 31.4 Å². The SMILES string of the molecule is CC(N)Cc1ccccc1N(C)C1CCOC1. The van der Waals surface area contributed by atoms with E-state index in [4.69, 9.17) is 10.5 Å². The Kier molecular flexibility index (Phi) is 4.02. The van der Waals surface area contributed by atoms with Gasteiger partial charge in [0.1, 0.15) is 0 Å². The summed E-state index contributed by atoms with van der Waals surface area (Å²) in [4.78, 5) is 2.34. The minimum absolute atomic E-state index is 0.198. The monoisotopic (exact) mass is 234 g/mol. The van der Waals surface area contributed by atoms with Crippen molar-refractivity contribution in [3.63, 3.8) is 0 Å². The van der Waals surface area contributed by atoms with E-state index < -0.39 is 0 Å². The summed E-state index contributed by atoms with van der Waals surface area (Å²) in [7, 11) is 2.15. The van der Waals surface area contributed by atoms with Crippen LogP contribution in [-0.4, -0.2) is 32.3 Å². The van der Waals surface area contributed by atoms with Crippen LogP contribution in [-0.2, 0) is 11.2 Å². The number of benzene rings is 1. The number of likely N-dealkylation sites (N-methyl/N-ethyl adjacent to an activating group) is 1. The Labute approximate surface area is 104 Å². The molecule has 1 aliphatic rings. The third-order valence-electron chi connectivity index (χ3n) is 3.37. The maximum absolute atomic E-state index is 5.90. The minimum atomic E-state index is 0.198. The van der Waals surface area contributed by atoms with Crippen molar-refractivity contribution in [2.45, 2.75) is 31.8 Å². The van der Waals surface area contributed by atoms with Crippen molar-refractivity contribution in [3.8, 4) is 0 Å². The number of ether oxygens (including phenoxy) is 1. The molecule has 0 amide bonds. The normalized spacial score (nSPS) is 21.5. The van der Waals surface area contributed by atoms with Crippen LogP contribution in [0.5, 0.6) is 0 Å². The van der Waals surface area contributed by atoms with Crippen LogP contribution in [0.3, 0.4) is 0 Å². The molecule has 0 aliphatic carbocycles. The van der Waals surface area contributed by atoms with Crippen molar-refractivity contribution in [1.82, 2.24) is 0 Å². The quantitative estimate of drug-likeness (QED) is 0.863. The van der Waals surface area contributed by atoms with Crippen molar-refractivity contribution < 1.29 is 4.74 Å². The number of hydrogen-bond acceptors (Lipinski definition) is 3. The molecule has 0 radical (unpaired) electrons.